The highest BCUT2D eigenvalue weighted by Gasteiger charge is 2.47. The topological polar surface area (TPSA) is 29.5 Å². The van der Waals surface area contributed by atoms with Gasteiger partial charge in [0.1, 0.15) is 0 Å². The van der Waals surface area contributed by atoms with E-state index in [1.54, 1.807) is 0 Å². The first-order valence-electron chi connectivity index (χ1n) is 6.02. The summed E-state index contributed by atoms with van der Waals surface area (Å²) in [6.07, 6.45) is 4.55. The second kappa shape index (κ2) is 4.12. The van der Waals surface area contributed by atoms with E-state index < -0.39 is 0 Å². The number of nitrogens with zero attached hydrogens (tertiary/aromatic N) is 1. The molecule has 2 unspecified atom stereocenters. The minimum absolute atomic E-state index is 0.0428. The molecule has 2 atom stereocenters. The molecule has 1 aliphatic heterocycles. The number of piperidine rings is 1. The zero-order chi connectivity index (χ0) is 10.9. The lowest BCUT2D eigenvalue weighted by atomic mass is 9.66. The van der Waals surface area contributed by atoms with Gasteiger partial charge >= 0.3 is 5.97 Å². The van der Waals surface area contributed by atoms with Crippen LogP contribution < -0.4 is 0 Å². The number of rotatable bonds is 2. The van der Waals surface area contributed by atoms with Gasteiger partial charge in [0.25, 0.3) is 0 Å². The van der Waals surface area contributed by atoms with Gasteiger partial charge in [0.2, 0.25) is 0 Å². The average molecular weight is 211 g/mol. The van der Waals surface area contributed by atoms with Gasteiger partial charge in [0, 0.05) is 13.1 Å². The summed E-state index contributed by atoms with van der Waals surface area (Å²) < 4.78 is 5.24. The lowest BCUT2D eigenvalue weighted by molar-refractivity contribution is -0.163. The van der Waals surface area contributed by atoms with Crippen molar-refractivity contribution in [1.82, 2.24) is 4.90 Å². The molecule has 2 fully saturated rings. The molecule has 86 valence electrons. The Morgan fingerprint density at radius 1 is 1.60 bits per heavy atom. The fourth-order valence-electron chi connectivity index (χ4n) is 3.34. The Morgan fingerprint density at radius 3 is 3.13 bits per heavy atom. The van der Waals surface area contributed by atoms with Crippen molar-refractivity contribution >= 4 is 5.97 Å². The van der Waals surface area contributed by atoms with E-state index in [-0.39, 0.29) is 11.4 Å². The third-order valence-corrected chi connectivity index (χ3v) is 3.80. The minimum Gasteiger partial charge on any atom is -0.466 e. The first kappa shape index (κ1) is 10.9. The molecule has 2 aliphatic rings. The molecule has 1 saturated heterocycles. The molecular formula is C12H21NO2. The van der Waals surface area contributed by atoms with E-state index in [0.29, 0.717) is 12.5 Å². The number of esters is 1. The van der Waals surface area contributed by atoms with Crippen LogP contribution in [0, 0.1) is 11.3 Å². The maximum absolute atomic E-state index is 12.0. The van der Waals surface area contributed by atoms with Crippen LogP contribution in [0.25, 0.3) is 0 Å². The molecular weight excluding hydrogens is 190 g/mol. The maximum atomic E-state index is 12.0. The summed E-state index contributed by atoms with van der Waals surface area (Å²) in [5.41, 5.74) is -0.175. The molecule has 0 spiro atoms. The van der Waals surface area contributed by atoms with Crippen LogP contribution in [0.4, 0.5) is 0 Å². The monoisotopic (exact) mass is 211 g/mol. The van der Waals surface area contributed by atoms with Gasteiger partial charge in [-0.05, 0) is 39.2 Å². The van der Waals surface area contributed by atoms with Gasteiger partial charge in [-0.15, -0.1) is 0 Å². The predicted octanol–water partition coefficient (Wildman–Crippen LogP) is 1.67. The standard InChI is InChI=1S/C12H21NO2/c1-3-15-11(14)12-6-4-5-10(7-12)8-13(2)9-12/h10H,3-9H2,1-2H3. The number of hydrogen-bond donors (Lipinski definition) is 0. The van der Waals surface area contributed by atoms with E-state index in [2.05, 4.69) is 11.9 Å². The maximum Gasteiger partial charge on any atom is 0.313 e. The van der Waals surface area contributed by atoms with Crippen LogP contribution in [0.3, 0.4) is 0 Å². The van der Waals surface area contributed by atoms with Crippen molar-refractivity contribution in [2.75, 3.05) is 26.7 Å². The summed E-state index contributed by atoms with van der Waals surface area (Å²) in [5, 5.41) is 0. The van der Waals surface area contributed by atoms with Crippen LogP contribution in [0.1, 0.15) is 32.6 Å². The highest BCUT2D eigenvalue weighted by Crippen LogP contribution is 2.44. The summed E-state index contributed by atoms with van der Waals surface area (Å²) in [4.78, 5) is 14.3. The van der Waals surface area contributed by atoms with Gasteiger partial charge < -0.3 is 9.64 Å². The van der Waals surface area contributed by atoms with Crippen LogP contribution >= 0.6 is 0 Å². The van der Waals surface area contributed by atoms with E-state index >= 15 is 0 Å². The van der Waals surface area contributed by atoms with Crippen molar-refractivity contribution in [1.29, 1.82) is 0 Å². The lowest BCUT2D eigenvalue weighted by Gasteiger charge is -2.46. The van der Waals surface area contributed by atoms with Gasteiger partial charge in [-0.3, -0.25) is 4.79 Å². The fraction of sp³-hybridized carbons (Fsp3) is 0.917. The Bertz CT molecular complexity index is 250. The summed E-state index contributed by atoms with van der Waals surface area (Å²) >= 11 is 0. The third-order valence-electron chi connectivity index (χ3n) is 3.80. The van der Waals surface area contributed by atoms with Crippen molar-refractivity contribution in [3.8, 4) is 0 Å². The predicted molar refractivity (Wildman–Crippen MR) is 58.5 cm³/mol. The van der Waals surface area contributed by atoms with E-state index in [4.69, 9.17) is 4.74 Å². The largest absolute Gasteiger partial charge is 0.466 e. The molecule has 0 aromatic rings. The van der Waals surface area contributed by atoms with Gasteiger partial charge in [-0.25, -0.2) is 0 Å². The summed E-state index contributed by atoms with van der Waals surface area (Å²) in [6.45, 7) is 4.44. The number of carbonyl (C=O) groups excluding carboxylic acids is 1. The Labute approximate surface area is 91.8 Å². The molecule has 0 N–H and O–H groups in total. The summed E-state index contributed by atoms with van der Waals surface area (Å²) in [7, 11) is 2.12. The first-order chi connectivity index (χ1) is 7.16. The van der Waals surface area contributed by atoms with Gasteiger partial charge in [-0.2, -0.15) is 0 Å². The van der Waals surface area contributed by atoms with Crippen molar-refractivity contribution in [3.05, 3.63) is 0 Å². The molecule has 0 amide bonds. The second-order valence-corrected chi connectivity index (χ2v) is 5.16. The third kappa shape index (κ3) is 2.03. The number of likely N-dealkylation sites (tertiary alicyclic amines) is 1. The van der Waals surface area contributed by atoms with Gasteiger partial charge in [0.15, 0.2) is 0 Å². The van der Waals surface area contributed by atoms with E-state index in [1.165, 1.54) is 12.8 Å². The minimum atomic E-state index is -0.175. The molecule has 1 heterocycles. The van der Waals surface area contributed by atoms with Crippen molar-refractivity contribution in [2.24, 2.45) is 11.3 Å². The van der Waals surface area contributed by atoms with Crippen LogP contribution in [-0.4, -0.2) is 37.6 Å². The van der Waals surface area contributed by atoms with Crippen molar-refractivity contribution in [3.63, 3.8) is 0 Å². The number of carbonyl (C=O) groups is 1. The Hall–Kier alpha value is -0.570. The zero-order valence-electron chi connectivity index (χ0n) is 9.79. The number of fused-ring (bicyclic) bond motifs is 2. The van der Waals surface area contributed by atoms with Crippen LogP contribution in [0.2, 0.25) is 0 Å². The molecule has 0 aromatic heterocycles. The van der Waals surface area contributed by atoms with E-state index in [0.717, 1.165) is 25.9 Å². The van der Waals surface area contributed by atoms with Gasteiger partial charge in [0.05, 0.1) is 12.0 Å². The van der Waals surface area contributed by atoms with Crippen molar-refractivity contribution in [2.45, 2.75) is 32.6 Å². The molecule has 15 heavy (non-hydrogen) atoms. The SMILES string of the molecule is CCOC(=O)C12CCCC(CN(C)C1)C2. The molecule has 1 aliphatic carbocycles. The van der Waals surface area contributed by atoms with Gasteiger partial charge in [-0.1, -0.05) is 6.42 Å². The van der Waals surface area contributed by atoms with E-state index in [1.807, 2.05) is 6.92 Å². The highest BCUT2D eigenvalue weighted by atomic mass is 16.5. The van der Waals surface area contributed by atoms with E-state index in [9.17, 15) is 4.79 Å². The molecule has 0 aromatic carbocycles. The molecule has 2 bridgehead atoms. The Morgan fingerprint density at radius 2 is 2.40 bits per heavy atom. The molecule has 1 saturated carbocycles. The van der Waals surface area contributed by atoms with Crippen LogP contribution in [0.15, 0.2) is 0 Å². The molecule has 0 radical (unpaired) electrons. The molecule has 3 heteroatoms. The number of hydrogen-bond acceptors (Lipinski definition) is 3. The Kier molecular flexibility index (Phi) is 3.01. The summed E-state index contributed by atoms with van der Waals surface area (Å²) in [6, 6.07) is 0. The quantitative estimate of drug-likeness (QED) is 0.651. The summed E-state index contributed by atoms with van der Waals surface area (Å²) in [5.74, 6) is 0.753. The van der Waals surface area contributed by atoms with Crippen LogP contribution in [0.5, 0.6) is 0 Å². The normalized spacial score (nSPS) is 36.3. The first-order valence-corrected chi connectivity index (χ1v) is 6.02. The second-order valence-electron chi connectivity index (χ2n) is 5.16. The smallest absolute Gasteiger partial charge is 0.313 e. The lowest BCUT2D eigenvalue weighted by Crippen LogP contribution is -2.52. The van der Waals surface area contributed by atoms with Crippen LogP contribution in [-0.2, 0) is 9.53 Å². The Balaban J connectivity index is 2.13. The average Bonchev–Trinajstić information content (AvgIpc) is 2.17. The van der Waals surface area contributed by atoms with Crippen molar-refractivity contribution < 1.29 is 9.53 Å². The fourth-order valence-corrected chi connectivity index (χ4v) is 3.34. The number of ether oxygens (including phenoxy) is 1. The zero-order valence-corrected chi connectivity index (χ0v) is 9.79. The highest BCUT2D eigenvalue weighted by molar-refractivity contribution is 5.77. The molecule has 3 nitrogen and oxygen atoms in total. The molecule has 2 rings (SSSR count).